The molecular weight excluding hydrogens is 352 g/mol. The molecule has 2 N–H and O–H groups in total. The molecular formula is C22H28N4O2. The molecule has 2 aromatic rings. The summed E-state index contributed by atoms with van der Waals surface area (Å²) in [6.45, 7) is 6.30. The molecule has 1 fully saturated rings. The zero-order chi connectivity index (χ0) is 19.9. The Balaban J connectivity index is 1.64. The molecule has 6 nitrogen and oxygen atoms in total. The molecule has 0 radical (unpaired) electrons. The second-order valence-corrected chi connectivity index (χ2v) is 7.30. The van der Waals surface area contributed by atoms with Crippen molar-refractivity contribution in [2.75, 3.05) is 45.1 Å². The first-order chi connectivity index (χ1) is 13.5. The van der Waals surface area contributed by atoms with Crippen molar-refractivity contribution in [2.45, 2.75) is 13.0 Å². The molecule has 28 heavy (non-hydrogen) atoms. The number of rotatable bonds is 5. The molecule has 1 aliphatic heterocycles. The Morgan fingerprint density at radius 1 is 0.929 bits per heavy atom. The van der Waals surface area contributed by atoms with Crippen molar-refractivity contribution in [3.05, 3.63) is 65.7 Å². The highest BCUT2D eigenvalue weighted by atomic mass is 16.2. The average Bonchev–Trinajstić information content (AvgIpc) is 2.71. The molecule has 2 amide bonds. The lowest BCUT2D eigenvalue weighted by Crippen LogP contribution is -2.49. The maximum atomic E-state index is 12.3. The van der Waals surface area contributed by atoms with Crippen LogP contribution < -0.4 is 10.6 Å². The minimum absolute atomic E-state index is 0.0442. The topological polar surface area (TPSA) is 64.7 Å². The van der Waals surface area contributed by atoms with Gasteiger partial charge in [-0.05, 0) is 31.7 Å². The predicted molar refractivity (Wildman–Crippen MR) is 111 cm³/mol. The SMILES string of the molecule is Cc1ccc(C(CNC(=O)C(=O)Nc2ccccc2)N2CCN(C)CC2)cc1. The summed E-state index contributed by atoms with van der Waals surface area (Å²) in [7, 11) is 2.12. The van der Waals surface area contributed by atoms with E-state index >= 15 is 0 Å². The van der Waals surface area contributed by atoms with Crippen LogP contribution >= 0.6 is 0 Å². The molecule has 1 heterocycles. The number of amides is 2. The first-order valence-corrected chi connectivity index (χ1v) is 9.66. The lowest BCUT2D eigenvalue weighted by Gasteiger charge is -2.38. The van der Waals surface area contributed by atoms with Crippen molar-refractivity contribution in [3.8, 4) is 0 Å². The highest BCUT2D eigenvalue weighted by molar-refractivity contribution is 6.39. The number of carbonyl (C=O) groups is 2. The Bertz CT molecular complexity index is 784. The van der Waals surface area contributed by atoms with Crippen LogP contribution in [0, 0.1) is 6.92 Å². The standard InChI is InChI=1S/C22H28N4O2/c1-17-8-10-18(11-9-17)20(26-14-12-25(2)13-15-26)16-23-21(27)22(28)24-19-6-4-3-5-7-19/h3-11,20H,12-16H2,1-2H3,(H,23,27)(H,24,28). The Labute approximate surface area is 166 Å². The van der Waals surface area contributed by atoms with Gasteiger partial charge >= 0.3 is 11.8 Å². The largest absolute Gasteiger partial charge is 0.346 e. The van der Waals surface area contributed by atoms with Gasteiger partial charge in [0.2, 0.25) is 0 Å². The van der Waals surface area contributed by atoms with E-state index < -0.39 is 11.8 Å². The molecule has 1 atom stereocenters. The summed E-state index contributed by atoms with van der Waals surface area (Å²) in [5.74, 6) is -1.26. The fraction of sp³-hybridized carbons (Fsp3) is 0.364. The van der Waals surface area contributed by atoms with Crippen molar-refractivity contribution < 1.29 is 9.59 Å². The molecule has 0 aliphatic carbocycles. The van der Waals surface area contributed by atoms with E-state index in [2.05, 4.69) is 58.7 Å². The summed E-state index contributed by atoms with van der Waals surface area (Å²) in [5, 5.41) is 5.44. The van der Waals surface area contributed by atoms with Gasteiger partial charge in [-0.25, -0.2) is 0 Å². The fourth-order valence-electron chi connectivity index (χ4n) is 3.36. The average molecular weight is 380 g/mol. The van der Waals surface area contributed by atoms with Gasteiger partial charge in [-0.1, -0.05) is 48.0 Å². The minimum Gasteiger partial charge on any atom is -0.346 e. The molecule has 0 bridgehead atoms. The van der Waals surface area contributed by atoms with Gasteiger partial charge < -0.3 is 15.5 Å². The van der Waals surface area contributed by atoms with E-state index in [1.54, 1.807) is 12.1 Å². The van der Waals surface area contributed by atoms with E-state index in [4.69, 9.17) is 0 Å². The quantitative estimate of drug-likeness (QED) is 0.779. The molecule has 148 valence electrons. The molecule has 0 saturated carbocycles. The van der Waals surface area contributed by atoms with Gasteiger partial charge in [-0.15, -0.1) is 0 Å². The van der Waals surface area contributed by atoms with Crippen LogP contribution in [0.3, 0.4) is 0 Å². The van der Waals surface area contributed by atoms with Crippen LogP contribution in [0.15, 0.2) is 54.6 Å². The number of hydrogen-bond acceptors (Lipinski definition) is 4. The smallest absolute Gasteiger partial charge is 0.313 e. The third kappa shape index (κ3) is 5.41. The van der Waals surface area contributed by atoms with E-state index in [0.717, 1.165) is 31.7 Å². The Morgan fingerprint density at radius 3 is 2.21 bits per heavy atom. The summed E-state index contributed by atoms with van der Waals surface area (Å²) in [4.78, 5) is 29.2. The number of benzene rings is 2. The zero-order valence-electron chi connectivity index (χ0n) is 16.5. The van der Waals surface area contributed by atoms with Gasteiger partial charge in [0.1, 0.15) is 0 Å². The number of para-hydroxylation sites is 1. The fourth-order valence-corrected chi connectivity index (χ4v) is 3.36. The van der Waals surface area contributed by atoms with Gasteiger partial charge in [0.25, 0.3) is 0 Å². The van der Waals surface area contributed by atoms with E-state index in [1.807, 2.05) is 18.2 Å². The summed E-state index contributed by atoms with van der Waals surface area (Å²) < 4.78 is 0. The Morgan fingerprint density at radius 2 is 1.57 bits per heavy atom. The first-order valence-electron chi connectivity index (χ1n) is 9.66. The molecule has 0 aromatic heterocycles. The van der Waals surface area contributed by atoms with Crippen LogP contribution in [0.4, 0.5) is 5.69 Å². The molecule has 0 spiro atoms. The normalized spacial score (nSPS) is 16.4. The number of piperazine rings is 1. The van der Waals surface area contributed by atoms with E-state index in [-0.39, 0.29) is 6.04 Å². The predicted octanol–water partition coefficient (Wildman–Crippen LogP) is 2.04. The minimum atomic E-state index is -0.646. The van der Waals surface area contributed by atoms with Crippen molar-refractivity contribution in [1.82, 2.24) is 15.1 Å². The van der Waals surface area contributed by atoms with Crippen LogP contribution in [-0.4, -0.2) is 61.4 Å². The Hall–Kier alpha value is -2.70. The molecule has 1 aliphatic rings. The summed E-state index contributed by atoms with van der Waals surface area (Å²) in [6.07, 6.45) is 0. The van der Waals surface area contributed by atoms with Crippen LogP contribution in [-0.2, 0) is 9.59 Å². The Kier molecular flexibility index (Phi) is 6.79. The molecule has 1 unspecified atom stereocenters. The molecule has 3 rings (SSSR count). The number of anilines is 1. The number of hydrogen-bond donors (Lipinski definition) is 2. The van der Waals surface area contributed by atoms with Crippen LogP contribution in [0.5, 0.6) is 0 Å². The van der Waals surface area contributed by atoms with Crippen LogP contribution in [0.2, 0.25) is 0 Å². The molecule has 2 aromatic carbocycles. The monoisotopic (exact) mass is 380 g/mol. The summed E-state index contributed by atoms with van der Waals surface area (Å²) in [5.41, 5.74) is 2.96. The number of carbonyl (C=O) groups excluding carboxylic acids is 2. The lowest BCUT2D eigenvalue weighted by atomic mass is 10.0. The second-order valence-electron chi connectivity index (χ2n) is 7.30. The van der Waals surface area contributed by atoms with Crippen molar-refractivity contribution in [3.63, 3.8) is 0 Å². The third-order valence-corrected chi connectivity index (χ3v) is 5.13. The van der Waals surface area contributed by atoms with E-state index in [0.29, 0.717) is 12.2 Å². The maximum absolute atomic E-state index is 12.3. The van der Waals surface area contributed by atoms with Gasteiger partial charge in [0.05, 0.1) is 6.04 Å². The van der Waals surface area contributed by atoms with Crippen molar-refractivity contribution >= 4 is 17.5 Å². The highest BCUT2D eigenvalue weighted by Gasteiger charge is 2.25. The number of likely N-dealkylation sites (N-methyl/N-ethyl adjacent to an activating group) is 1. The summed E-state index contributed by atoms with van der Waals surface area (Å²) >= 11 is 0. The molecule has 1 saturated heterocycles. The van der Waals surface area contributed by atoms with Gasteiger partial charge in [0.15, 0.2) is 0 Å². The van der Waals surface area contributed by atoms with Gasteiger partial charge in [-0.3, -0.25) is 14.5 Å². The summed E-state index contributed by atoms with van der Waals surface area (Å²) in [6, 6.07) is 17.4. The number of aryl methyl sites for hydroxylation is 1. The molecule has 6 heteroatoms. The second kappa shape index (κ2) is 9.48. The number of nitrogens with zero attached hydrogens (tertiary/aromatic N) is 2. The van der Waals surface area contributed by atoms with Gasteiger partial charge in [0, 0.05) is 38.4 Å². The van der Waals surface area contributed by atoms with Crippen molar-refractivity contribution in [1.29, 1.82) is 0 Å². The number of nitrogens with one attached hydrogen (secondary N) is 2. The van der Waals surface area contributed by atoms with E-state index in [9.17, 15) is 9.59 Å². The zero-order valence-corrected chi connectivity index (χ0v) is 16.5. The van der Waals surface area contributed by atoms with E-state index in [1.165, 1.54) is 5.56 Å². The highest BCUT2D eigenvalue weighted by Crippen LogP contribution is 2.22. The van der Waals surface area contributed by atoms with Crippen molar-refractivity contribution in [2.24, 2.45) is 0 Å². The van der Waals surface area contributed by atoms with Crippen LogP contribution in [0.1, 0.15) is 17.2 Å². The third-order valence-electron chi connectivity index (χ3n) is 5.13. The maximum Gasteiger partial charge on any atom is 0.313 e. The lowest BCUT2D eigenvalue weighted by molar-refractivity contribution is -0.136. The first kappa shape index (κ1) is 20.0. The van der Waals surface area contributed by atoms with Gasteiger partial charge in [-0.2, -0.15) is 0 Å². The van der Waals surface area contributed by atoms with Crippen LogP contribution in [0.25, 0.3) is 0 Å².